The number of phenols is 2. The van der Waals surface area contributed by atoms with Crippen LogP contribution in [0.3, 0.4) is 0 Å². The van der Waals surface area contributed by atoms with Crippen molar-refractivity contribution in [3.63, 3.8) is 0 Å². The average molecular weight is 241 g/mol. The second-order valence-corrected chi connectivity index (χ2v) is 3.14. The van der Waals surface area contributed by atoms with Crippen molar-refractivity contribution in [3.8, 4) is 11.5 Å². The van der Waals surface area contributed by atoms with Gasteiger partial charge in [-0.2, -0.15) is 0 Å². The van der Waals surface area contributed by atoms with Crippen LogP contribution in [0.2, 0.25) is 5.02 Å². The van der Waals surface area contributed by atoms with Crippen LogP contribution in [-0.2, 0) is 4.74 Å². The van der Waals surface area contributed by atoms with Gasteiger partial charge in [-0.1, -0.05) is 24.3 Å². The first-order valence-corrected chi connectivity index (χ1v) is 4.64. The Bertz CT molecular complexity index is 452. The molecule has 2 N–H and O–H groups in total. The van der Waals surface area contributed by atoms with Crippen LogP contribution in [0, 0.1) is 0 Å². The maximum atomic E-state index is 11.4. The molecule has 0 saturated carbocycles. The minimum absolute atomic E-state index is 0.128. The van der Waals surface area contributed by atoms with Crippen LogP contribution in [-0.4, -0.2) is 16.2 Å². The summed E-state index contributed by atoms with van der Waals surface area (Å²) in [7, 11) is 0. The highest BCUT2D eigenvalue weighted by molar-refractivity contribution is 6.34. The molecule has 1 rings (SSSR count). The van der Waals surface area contributed by atoms with Crippen LogP contribution in [0.4, 0.5) is 0 Å². The lowest BCUT2D eigenvalue weighted by Crippen LogP contribution is -2.01. The molecule has 0 aliphatic heterocycles. The van der Waals surface area contributed by atoms with Crippen LogP contribution in [0.15, 0.2) is 37.1 Å². The number of allylic oxidation sites excluding steroid dienone is 2. The Morgan fingerprint density at radius 2 is 2.12 bits per heavy atom. The van der Waals surface area contributed by atoms with Gasteiger partial charge in [-0.3, -0.25) is 0 Å². The molecule has 4 nitrogen and oxygen atoms in total. The first-order valence-electron chi connectivity index (χ1n) is 4.27. The summed E-state index contributed by atoms with van der Waals surface area (Å²) in [6, 6.07) is 2.40. The van der Waals surface area contributed by atoms with Crippen molar-refractivity contribution in [2.24, 2.45) is 0 Å². The van der Waals surface area contributed by atoms with Gasteiger partial charge in [0.2, 0.25) is 0 Å². The topological polar surface area (TPSA) is 66.8 Å². The molecule has 0 fully saturated rings. The van der Waals surface area contributed by atoms with Gasteiger partial charge >= 0.3 is 5.97 Å². The zero-order valence-corrected chi connectivity index (χ0v) is 8.94. The molecule has 0 atom stereocenters. The Morgan fingerprint density at radius 3 is 2.75 bits per heavy atom. The molecule has 0 aromatic heterocycles. The van der Waals surface area contributed by atoms with Gasteiger partial charge in [0.1, 0.15) is 16.3 Å². The van der Waals surface area contributed by atoms with Gasteiger partial charge in [-0.05, 0) is 18.2 Å². The number of carbonyl (C=O) groups excluding carboxylic acids is 1. The van der Waals surface area contributed by atoms with Crippen molar-refractivity contribution in [1.29, 1.82) is 0 Å². The van der Waals surface area contributed by atoms with E-state index < -0.39 is 11.7 Å². The summed E-state index contributed by atoms with van der Waals surface area (Å²) in [6.07, 6.45) is 3.96. The van der Waals surface area contributed by atoms with E-state index in [1.807, 2.05) is 0 Å². The summed E-state index contributed by atoms with van der Waals surface area (Å²) in [5, 5.41) is 18.3. The van der Waals surface area contributed by atoms with Crippen molar-refractivity contribution in [3.05, 3.63) is 47.7 Å². The summed E-state index contributed by atoms with van der Waals surface area (Å²) in [5.74, 6) is -1.60. The van der Waals surface area contributed by atoms with E-state index in [1.165, 1.54) is 24.3 Å². The number of hydrogen-bond donors (Lipinski definition) is 2. The zero-order chi connectivity index (χ0) is 12.1. The molecule has 0 bridgehead atoms. The van der Waals surface area contributed by atoms with Gasteiger partial charge in [0.25, 0.3) is 0 Å². The predicted octanol–water partition coefficient (Wildman–Crippen LogP) is 2.61. The van der Waals surface area contributed by atoms with Gasteiger partial charge in [0.05, 0.1) is 6.26 Å². The molecular weight excluding hydrogens is 232 g/mol. The van der Waals surface area contributed by atoms with Gasteiger partial charge in [0, 0.05) is 0 Å². The van der Waals surface area contributed by atoms with Crippen LogP contribution >= 0.6 is 11.6 Å². The third kappa shape index (κ3) is 2.55. The lowest BCUT2D eigenvalue weighted by Gasteiger charge is -2.05. The molecule has 0 aliphatic carbocycles. The summed E-state index contributed by atoms with van der Waals surface area (Å²) in [5.41, 5.74) is -0.128. The number of rotatable bonds is 3. The quantitative estimate of drug-likeness (QED) is 0.484. The van der Waals surface area contributed by atoms with Crippen LogP contribution in [0.5, 0.6) is 11.5 Å². The maximum absolute atomic E-state index is 11.4. The molecule has 84 valence electrons. The second kappa shape index (κ2) is 5.23. The normalized spacial score (nSPS) is 10.3. The number of halogens is 1. The minimum Gasteiger partial charge on any atom is -0.506 e. The van der Waals surface area contributed by atoms with E-state index in [0.717, 1.165) is 6.26 Å². The molecule has 5 heteroatoms. The number of phenolic OH excluding ortho intramolecular Hbond substituents is 2. The second-order valence-electron chi connectivity index (χ2n) is 2.76. The highest BCUT2D eigenvalue weighted by atomic mass is 35.5. The number of hydrogen-bond acceptors (Lipinski definition) is 4. The third-order valence-corrected chi connectivity index (χ3v) is 2.08. The molecule has 1 aromatic carbocycles. The first kappa shape index (κ1) is 12.1. The van der Waals surface area contributed by atoms with E-state index in [0.29, 0.717) is 0 Å². The maximum Gasteiger partial charge on any atom is 0.346 e. The molecular formula is C11H9ClO4. The van der Waals surface area contributed by atoms with Gasteiger partial charge < -0.3 is 14.9 Å². The highest BCUT2D eigenvalue weighted by Crippen LogP contribution is 2.35. The summed E-state index contributed by atoms with van der Waals surface area (Å²) in [4.78, 5) is 11.4. The molecule has 0 aliphatic rings. The smallest absolute Gasteiger partial charge is 0.346 e. The number of carbonyl (C=O) groups is 1. The van der Waals surface area contributed by atoms with Crippen LogP contribution in [0.1, 0.15) is 10.4 Å². The number of aromatic hydroxyl groups is 2. The molecule has 0 radical (unpaired) electrons. The van der Waals surface area contributed by atoms with E-state index in [-0.39, 0.29) is 16.3 Å². The van der Waals surface area contributed by atoms with E-state index in [1.54, 1.807) is 0 Å². The van der Waals surface area contributed by atoms with E-state index >= 15 is 0 Å². The van der Waals surface area contributed by atoms with E-state index in [9.17, 15) is 9.90 Å². The van der Waals surface area contributed by atoms with E-state index in [4.69, 9.17) is 16.7 Å². The molecule has 0 unspecified atom stereocenters. The zero-order valence-electron chi connectivity index (χ0n) is 8.18. The Labute approximate surface area is 97.0 Å². The lowest BCUT2D eigenvalue weighted by molar-refractivity contribution is 0.0660. The molecule has 0 heterocycles. The third-order valence-electron chi connectivity index (χ3n) is 1.71. The SMILES string of the molecule is C=CC=COC(=O)c1ccc(O)c(Cl)c1O. The number of esters is 1. The van der Waals surface area contributed by atoms with Crippen molar-refractivity contribution < 1.29 is 19.7 Å². The largest absolute Gasteiger partial charge is 0.506 e. The van der Waals surface area contributed by atoms with Gasteiger partial charge in [0.15, 0.2) is 5.75 Å². The minimum atomic E-state index is -0.780. The van der Waals surface area contributed by atoms with Crippen molar-refractivity contribution in [2.75, 3.05) is 0 Å². The Kier molecular flexibility index (Phi) is 3.96. The molecule has 1 aromatic rings. The fourth-order valence-corrected chi connectivity index (χ4v) is 1.10. The van der Waals surface area contributed by atoms with E-state index in [2.05, 4.69) is 11.3 Å². The molecule has 16 heavy (non-hydrogen) atoms. The van der Waals surface area contributed by atoms with Gasteiger partial charge in [-0.15, -0.1) is 0 Å². The number of ether oxygens (including phenoxy) is 1. The number of benzene rings is 1. The Hall–Kier alpha value is -1.94. The molecule has 0 saturated heterocycles. The molecule has 0 amide bonds. The monoisotopic (exact) mass is 240 g/mol. The fourth-order valence-electron chi connectivity index (χ4n) is 0.939. The van der Waals surface area contributed by atoms with Gasteiger partial charge in [-0.25, -0.2) is 4.79 Å². The summed E-state index contributed by atoms with van der Waals surface area (Å²) in [6.45, 7) is 3.39. The van der Waals surface area contributed by atoms with Crippen LogP contribution < -0.4 is 0 Å². The average Bonchev–Trinajstić information content (AvgIpc) is 2.26. The fraction of sp³-hybridized carbons (Fsp3) is 0. The lowest BCUT2D eigenvalue weighted by atomic mass is 10.2. The van der Waals surface area contributed by atoms with Crippen LogP contribution in [0.25, 0.3) is 0 Å². The van der Waals surface area contributed by atoms with Crippen molar-refractivity contribution in [2.45, 2.75) is 0 Å². The Morgan fingerprint density at radius 1 is 1.44 bits per heavy atom. The predicted molar refractivity (Wildman–Crippen MR) is 59.5 cm³/mol. The Balaban J connectivity index is 2.96. The summed E-state index contributed by atoms with van der Waals surface area (Å²) >= 11 is 5.55. The molecule has 0 spiro atoms. The first-order chi connectivity index (χ1) is 7.57. The standard InChI is InChI=1S/C11H9ClO4/c1-2-3-6-16-11(15)7-4-5-8(13)9(12)10(7)14/h2-6,13-14H,1H2. The summed E-state index contributed by atoms with van der Waals surface area (Å²) < 4.78 is 4.65. The van der Waals surface area contributed by atoms with Crippen molar-refractivity contribution >= 4 is 17.6 Å². The highest BCUT2D eigenvalue weighted by Gasteiger charge is 2.16. The van der Waals surface area contributed by atoms with Crippen molar-refractivity contribution in [1.82, 2.24) is 0 Å².